The molecule has 19 heavy (non-hydrogen) atoms. The van der Waals surface area contributed by atoms with Crippen molar-refractivity contribution in [2.45, 2.75) is 20.8 Å². The van der Waals surface area contributed by atoms with E-state index in [1.165, 1.54) is 6.92 Å². The lowest BCUT2D eigenvalue weighted by molar-refractivity contribution is -0.117. The summed E-state index contributed by atoms with van der Waals surface area (Å²) in [6.45, 7) is 5.36. The molecule has 0 bridgehead atoms. The minimum absolute atomic E-state index is 0.190. The Hall–Kier alpha value is -2.01. The Morgan fingerprint density at radius 3 is 2.63 bits per heavy atom. The molecule has 0 atom stereocenters. The van der Waals surface area contributed by atoms with Crippen LogP contribution in [0.1, 0.15) is 18.2 Å². The zero-order chi connectivity index (χ0) is 14.0. The van der Waals surface area contributed by atoms with Crippen molar-refractivity contribution in [1.29, 1.82) is 0 Å². The highest BCUT2D eigenvalue weighted by Gasteiger charge is 2.08. The molecule has 0 unspecified atom stereocenters. The summed E-state index contributed by atoms with van der Waals surface area (Å²) in [6.07, 6.45) is 0. The Bertz CT molecular complexity index is 667. The number of anilines is 1. The van der Waals surface area contributed by atoms with Crippen molar-refractivity contribution >= 4 is 39.8 Å². The number of aryl methyl sites for hydroxylation is 2. The van der Waals surface area contributed by atoms with E-state index in [0.29, 0.717) is 5.11 Å². The third-order valence-electron chi connectivity index (χ3n) is 2.75. The molecule has 0 saturated carbocycles. The van der Waals surface area contributed by atoms with Crippen molar-refractivity contribution in [2.24, 2.45) is 0 Å². The zero-order valence-corrected chi connectivity index (χ0v) is 11.9. The van der Waals surface area contributed by atoms with E-state index in [1.807, 2.05) is 38.1 Å². The van der Waals surface area contributed by atoms with E-state index in [1.54, 1.807) is 0 Å². The lowest BCUT2D eigenvalue weighted by Crippen LogP contribution is -2.32. The highest BCUT2D eigenvalue weighted by molar-refractivity contribution is 7.80. The normalized spacial score (nSPS) is 10.3. The van der Waals surface area contributed by atoms with E-state index in [9.17, 15) is 4.79 Å². The number of benzene rings is 1. The fraction of sp³-hybridized carbons (Fsp3) is 0.214. The first-order valence-corrected chi connectivity index (χ1v) is 6.34. The van der Waals surface area contributed by atoms with Gasteiger partial charge in [-0.25, -0.2) is 0 Å². The van der Waals surface area contributed by atoms with Gasteiger partial charge in [0.05, 0.1) is 11.2 Å². The van der Waals surface area contributed by atoms with E-state index < -0.39 is 0 Å². The molecular formula is C14H15N3OS. The van der Waals surface area contributed by atoms with E-state index >= 15 is 0 Å². The average molecular weight is 273 g/mol. The lowest BCUT2D eigenvalue weighted by atomic mass is 10.1. The average Bonchev–Trinajstić information content (AvgIpc) is 2.32. The summed E-state index contributed by atoms with van der Waals surface area (Å²) in [7, 11) is 0. The maximum absolute atomic E-state index is 11.0. The molecule has 0 aliphatic rings. The van der Waals surface area contributed by atoms with Gasteiger partial charge in [-0.05, 0) is 49.8 Å². The first kappa shape index (κ1) is 13.4. The smallest absolute Gasteiger partial charge is 0.222 e. The summed E-state index contributed by atoms with van der Waals surface area (Å²) in [6, 6.07) is 7.91. The molecule has 4 nitrogen and oxygen atoms in total. The molecule has 1 amide bonds. The number of thiocarbonyl (C=S) groups is 1. The number of nitrogens with one attached hydrogen (secondary N) is 2. The molecule has 2 rings (SSSR count). The van der Waals surface area contributed by atoms with Crippen LogP contribution in [0.5, 0.6) is 0 Å². The van der Waals surface area contributed by atoms with E-state index in [-0.39, 0.29) is 5.91 Å². The summed E-state index contributed by atoms with van der Waals surface area (Å²) in [5.74, 6) is -0.190. The van der Waals surface area contributed by atoms with Gasteiger partial charge in [-0.3, -0.25) is 9.78 Å². The number of nitrogens with zero attached hydrogens (tertiary/aromatic N) is 1. The quantitative estimate of drug-likeness (QED) is 0.784. The Balaban J connectivity index is 2.44. The maximum Gasteiger partial charge on any atom is 0.222 e. The fourth-order valence-corrected chi connectivity index (χ4v) is 2.13. The van der Waals surface area contributed by atoms with Gasteiger partial charge in [0.15, 0.2) is 5.11 Å². The van der Waals surface area contributed by atoms with Crippen LogP contribution < -0.4 is 10.6 Å². The number of rotatable bonds is 1. The van der Waals surface area contributed by atoms with Gasteiger partial charge in [0, 0.05) is 18.0 Å². The number of amides is 1. The molecule has 0 aliphatic heterocycles. The van der Waals surface area contributed by atoms with Gasteiger partial charge in [-0.1, -0.05) is 6.07 Å². The highest BCUT2D eigenvalue weighted by Crippen LogP contribution is 2.26. The van der Waals surface area contributed by atoms with Crippen LogP contribution in [0.15, 0.2) is 24.3 Å². The van der Waals surface area contributed by atoms with Gasteiger partial charge in [0.1, 0.15) is 0 Å². The highest BCUT2D eigenvalue weighted by atomic mass is 32.1. The second-order valence-electron chi connectivity index (χ2n) is 4.41. The van der Waals surface area contributed by atoms with Crippen molar-refractivity contribution in [3.63, 3.8) is 0 Å². The van der Waals surface area contributed by atoms with Crippen LogP contribution in [0, 0.1) is 13.8 Å². The minimum Gasteiger partial charge on any atom is -0.332 e. The summed E-state index contributed by atoms with van der Waals surface area (Å²) in [4.78, 5) is 15.5. The van der Waals surface area contributed by atoms with Gasteiger partial charge in [-0.2, -0.15) is 0 Å². The zero-order valence-electron chi connectivity index (χ0n) is 11.1. The van der Waals surface area contributed by atoms with Crippen molar-refractivity contribution in [3.8, 4) is 0 Å². The molecular weight excluding hydrogens is 258 g/mol. The number of hydrogen-bond donors (Lipinski definition) is 2. The Kier molecular flexibility index (Phi) is 3.76. The molecule has 5 heteroatoms. The van der Waals surface area contributed by atoms with Crippen LogP contribution in [0.25, 0.3) is 10.9 Å². The van der Waals surface area contributed by atoms with Gasteiger partial charge < -0.3 is 10.6 Å². The predicted molar refractivity (Wildman–Crippen MR) is 81.3 cm³/mol. The van der Waals surface area contributed by atoms with Gasteiger partial charge in [-0.15, -0.1) is 0 Å². The lowest BCUT2D eigenvalue weighted by Gasteiger charge is -2.13. The number of fused-ring (bicyclic) bond motifs is 1. The molecule has 0 saturated heterocycles. The Morgan fingerprint density at radius 2 is 1.95 bits per heavy atom. The molecule has 0 aliphatic carbocycles. The van der Waals surface area contributed by atoms with Gasteiger partial charge in [0.25, 0.3) is 0 Å². The van der Waals surface area contributed by atoms with Crippen molar-refractivity contribution in [2.75, 3.05) is 5.32 Å². The summed E-state index contributed by atoms with van der Waals surface area (Å²) in [5.41, 5.74) is 3.79. The molecule has 0 radical (unpaired) electrons. The van der Waals surface area contributed by atoms with E-state index in [2.05, 4.69) is 15.6 Å². The molecule has 1 aromatic carbocycles. The van der Waals surface area contributed by atoms with Crippen LogP contribution in [0.4, 0.5) is 5.69 Å². The van der Waals surface area contributed by atoms with Crippen molar-refractivity contribution < 1.29 is 4.79 Å². The summed E-state index contributed by atoms with van der Waals surface area (Å²) < 4.78 is 0. The van der Waals surface area contributed by atoms with Crippen LogP contribution in [0.3, 0.4) is 0 Å². The topological polar surface area (TPSA) is 54.0 Å². The number of carbonyl (C=O) groups is 1. The number of pyridine rings is 1. The minimum atomic E-state index is -0.190. The number of hydrogen-bond acceptors (Lipinski definition) is 3. The standard InChI is InChI=1S/C14H15N3OS/c1-8-4-7-12-11(6-5-9(2)15-12)13(8)17-14(19)16-10(3)18/h4-7H,1-3H3,(H2,16,17,18,19). The number of carbonyl (C=O) groups excluding carboxylic acids is 1. The largest absolute Gasteiger partial charge is 0.332 e. The Morgan fingerprint density at radius 1 is 1.21 bits per heavy atom. The van der Waals surface area contributed by atoms with Crippen molar-refractivity contribution in [1.82, 2.24) is 10.3 Å². The second-order valence-corrected chi connectivity index (χ2v) is 4.82. The molecule has 1 heterocycles. The molecule has 1 aromatic heterocycles. The molecule has 98 valence electrons. The number of aromatic nitrogens is 1. The van der Waals surface area contributed by atoms with Crippen LogP contribution in [-0.2, 0) is 4.79 Å². The predicted octanol–water partition coefficient (Wildman–Crippen LogP) is 2.68. The first-order chi connectivity index (χ1) is 8.97. The van der Waals surface area contributed by atoms with Crippen LogP contribution in [0.2, 0.25) is 0 Å². The third kappa shape index (κ3) is 3.06. The molecule has 2 aromatic rings. The molecule has 0 fully saturated rings. The Labute approximate surface area is 117 Å². The monoisotopic (exact) mass is 273 g/mol. The van der Waals surface area contributed by atoms with E-state index in [0.717, 1.165) is 27.8 Å². The summed E-state index contributed by atoms with van der Waals surface area (Å²) in [5, 5.41) is 6.90. The van der Waals surface area contributed by atoms with Crippen molar-refractivity contribution in [3.05, 3.63) is 35.5 Å². The molecule has 0 spiro atoms. The van der Waals surface area contributed by atoms with Gasteiger partial charge in [0.2, 0.25) is 5.91 Å². The third-order valence-corrected chi connectivity index (χ3v) is 2.95. The van der Waals surface area contributed by atoms with Crippen LogP contribution >= 0.6 is 12.2 Å². The first-order valence-electron chi connectivity index (χ1n) is 5.93. The summed E-state index contributed by atoms with van der Waals surface area (Å²) >= 11 is 5.10. The molecule has 2 N–H and O–H groups in total. The maximum atomic E-state index is 11.0. The second kappa shape index (κ2) is 5.32. The van der Waals surface area contributed by atoms with E-state index in [4.69, 9.17) is 12.2 Å². The SMILES string of the molecule is CC(=O)NC(=S)Nc1c(C)ccc2nc(C)ccc12. The fourth-order valence-electron chi connectivity index (χ4n) is 1.89. The van der Waals surface area contributed by atoms with Crippen LogP contribution in [-0.4, -0.2) is 16.0 Å². The van der Waals surface area contributed by atoms with Gasteiger partial charge >= 0.3 is 0 Å².